The number of fused-ring (bicyclic) bond motifs is 4. The number of methoxy groups -OCH3 is 1. The molecule has 266 valence electrons. The van der Waals surface area contributed by atoms with Crippen LogP contribution in [0.4, 0.5) is 5.82 Å². The third-order valence-corrected chi connectivity index (χ3v) is 11.7. The minimum Gasteiger partial charge on any atom is -0.491 e. The number of amides is 1. The number of carbonyl (C=O) groups is 1. The van der Waals surface area contributed by atoms with Crippen molar-refractivity contribution in [3.63, 3.8) is 0 Å². The number of rotatable bonds is 11. The molecule has 3 aromatic heterocycles. The fourth-order valence-corrected chi connectivity index (χ4v) is 7.95. The molecule has 0 bridgehead atoms. The van der Waals surface area contributed by atoms with Crippen molar-refractivity contribution in [2.24, 2.45) is 5.73 Å². The van der Waals surface area contributed by atoms with E-state index in [2.05, 4.69) is 41.2 Å². The first-order valence-electron chi connectivity index (χ1n) is 17.4. The lowest BCUT2D eigenvalue weighted by Crippen LogP contribution is -2.47. The molecule has 2 aliphatic rings. The van der Waals surface area contributed by atoms with Gasteiger partial charge in [0.15, 0.2) is 21.4 Å². The van der Waals surface area contributed by atoms with Crippen LogP contribution in [0.15, 0.2) is 55.1 Å². The number of hydrogen-bond donors (Lipinski definition) is 4. The quantitative estimate of drug-likeness (QED) is 0.160. The van der Waals surface area contributed by atoms with Crippen LogP contribution in [0.25, 0.3) is 21.8 Å². The van der Waals surface area contributed by atoms with Crippen LogP contribution in [0.1, 0.15) is 52.5 Å². The van der Waals surface area contributed by atoms with E-state index in [9.17, 15) is 13.2 Å². The van der Waals surface area contributed by atoms with Crippen LogP contribution < -0.4 is 20.7 Å². The van der Waals surface area contributed by atoms with Gasteiger partial charge in [0, 0.05) is 77.2 Å². The summed E-state index contributed by atoms with van der Waals surface area (Å²) in [5, 5.41) is 5.60. The Bertz CT molecular complexity index is 2050. The molecule has 0 spiro atoms. The fraction of sp³-hybridized carbons (Fsp3) is 0.432. The van der Waals surface area contributed by atoms with Crippen LogP contribution in [0.2, 0.25) is 0 Å². The number of nitrogens with two attached hydrogens (primary N) is 1. The molecule has 0 saturated carbocycles. The number of aromatic amines is 2. The molecule has 2 aromatic carbocycles. The molecule has 1 fully saturated rings. The molecule has 1 aliphatic heterocycles. The maximum Gasteiger partial charge on any atom is 0.248 e. The lowest BCUT2D eigenvalue weighted by Gasteiger charge is -2.35. The Hall–Kier alpha value is -4.46. The maximum atomic E-state index is 12.0. The number of sulfone groups is 1. The lowest BCUT2D eigenvalue weighted by atomic mass is 9.91. The molecule has 0 unspecified atom stereocenters. The number of carbonyl (C=O) groups excluding carboxylic acids is 1. The van der Waals surface area contributed by atoms with Gasteiger partial charge in [-0.05, 0) is 92.7 Å². The summed E-state index contributed by atoms with van der Waals surface area (Å²) in [5.74, 6) is 1.48. The number of H-pyrrole nitrogens is 2. The number of nitrogens with zero attached hydrogens (tertiary/aromatic N) is 4. The van der Waals surface area contributed by atoms with Gasteiger partial charge in [-0.2, -0.15) is 0 Å². The highest BCUT2D eigenvalue weighted by atomic mass is 32.2. The highest BCUT2D eigenvalue weighted by molar-refractivity contribution is 7.90. The number of ether oxygens (including phenoxy) is 1. The lowest BCUT2D eigenvalue weighted by molar-refractivity contribution is 0.100. The van der Waals surface area contributed by atoms with Crippen LogP contribution in [-0.2, 0) is 34.9 Å². The Morgan fingerprint density at radius 1 is 1.10 bits per heavy atom. The fourth-order valence-electron chi connectivity index (χ4n) is 7.06. The van der Waals surface area contributed by atoms with Crippen molar-refractivity contribution >= 4 is 43.4 Å². The van der Waals surface area contributed by atoms with E-state index >= 15 is 0 Å². The van der Waals surface area contributed by atoms with E-state index < -0.39 is 9.84 Å². The number of hydrogen-bond acceptors (Lipinski definition) is 9. The average Bonchev–Trinajstić information content (AvgIpc) is 3.72. The zero-order valence-electron chi connectivity index (χ0n) is 29.2. The van der Waals surface area contributed by atoms with Gasteiger partial charge in [-0.3, -0.25) is 9.69 Å². The van der Waals surface area contributed by atoms with Crippen LogP contribution in [0, 0.1) is 0 Å². The second-order valence-corrected chi connectivity index (χ2v) is 15.5. The van der Waals surface area contributed by atoms with Crippen molar-refractivity contribution in [1.82, 2.24) is 30.2 Å². The predicted octanol–water partition coefficient (Wildman–Crippen LogP) is 4.00. The average molecular weight is 701 g/mol. The van der Waals surface area contributed by atoms with Gasteiger partial charge in [0.1, 0.15) is 6.33 Å². The van der Waals surface area contributed by atoms with E-state index in [1.54, 1.807) is 32.6 Å². The monoisotopic (exact) mass is 700 g/mol. The summed E-state index contributed by atoms with van der Waals surface area (Å²) in [4.78, 5) is 31.2. The number of likely N-dealkylation sites (N-methyl/N-ethyl adjacent to an activating group) is 1. The van der Waals surface area contributed by atoms with Crippen molar-refractivity contribution in [2.45, 2.75) is 50.8 Å². The summed E-state index contributed by atoms with van der Waals surface area (Å²) in [6.07, 6.45) is 10.6. The highest BCUT2D eigenvalue weighted by Crippen LogP contribution is 2.30. The Kier molecular flexibility index (Phi) is 11.0. The Morgan fingerprint density at radius 3 is 2.64 bits per heavy atom. The normalized spacial score (nSPS) is 16.6. The molecule has 12 nitrogen and oxygen atoms in total. The van der Waals surface area contributed by atoms with Crippen molar-refractivity contribution in [3.05, 3.63) is 83.1 Å². The molecule has 5 aromatic rings. The van der Waals surface area contributed by atoms with E-state index in [4.69, 9.17) is 10.5 Å². The molecule has 1 atom stereocenters. The molecule has 1 amide bonds. The Labute approximate surface area is 293 Å². The van der Waals surface area contributed by atoms with Gasteiger partial charge < -0.3 is 30.7 Å². The van der Waals surface area contributed by atoms with Gasteiger partial charge in [0.2, 0.25) is 5.91 Å². The van der Waals surface area contributed by atoms with Crippen molar-refractivity contribution in [2.75, 3.05) is 57.5 Å². The van der Waals surface area contributed by atoms with Gasteiger partial charge in [0.25, 0.3) is 0 Å². The number of anilines is 1. The predicted molar refractivity (Wildman–Crippen MR) is 199 cm³/mol. The Balaban J connectivity index is 0.000000202. The molecule has 0 radical (unpaired) electrons. The Morgan fingerprint density at radius 2 is 1.90 bits per heavy atom. The largest absolute Gasteiger partial charge is 0.491 e. The van der Waals surface area contributed by atoms with E-state index in [1.807, 2.05) is 37.4 Å². The third-order valence-electron chi connectivity index (χ3n) is 10.0. The number of nitrogens with one attached hydrogen (secondary N) is 3. The molecular formula is C37H48N8O4S. The first-order chi connectivity index (χ1) is 24.2. The zero-order chi connectivity index (χ0) is 35.3. The first kappa shape index (κ1) is 35.4. The number of aryl methyl sites for hydroxylation is 2. The smallest absolute Gasteiger partial charge is 0.248 e. The van der Waals surface area contributed by atoms with Crippen LogP contribution in [0.5, 0.6) is 5.75 Å². The molecular weight excluding hydrogens is 653 g/mol. The third kappa shape index (κ3) is 8.11. The molecule has 4 heterocycles. The molecule has 7 rings (SSSR count). The van der Waals surface area contributed by atoms with Gasteiger partial charge in [0.05, 0.1) is 19.1 Å². The van der Waals surface area contributed by atoms with Crippen LogP contribution >= 0.6 is 0 Å². The molecule has 13 heteroatoms. The molecule has 50 heavy (non-hydrogen) atoms. The van der Waals surface area contributed by atoms with Gasteiger partial charge in [-0.25, -0.2) is 18.4 Å². The van der Waals surface area contributed by atoms with Crippen LogP contribution in [0.3, 0.4) is 0 Å². The van der Waals surface area contributed by atoms with Crippen LogP contribution in [-0.4, -0.2) is 97.8 Å². The van der Waals surface area contributed by atoms with Gasteiger partial charge in [-0.15, -0.1) is 0 Å². The summed E-state index contributed by atoms with van der Waals surface area (Å²) in [6, 6.07) is 12.1. The molecule has 1 aliphatic carbocycles. The highest BCUT2D eigenvalue weighted by Gasteiger charge is 2.23. The summed E-state index contributed by atoms with van der Waals surface area (Å²) >= 11 is 0. The summed E-state index contributed by atoms with van der Waals surface area (Å²) in [7, 11) is 0.613. The second kappa shape index (κ2) is 15.6. The minimum atomic E-state index is -3.03. The topological polar surface area (TPSA) is 162 Å². The maximum absolute atomic E-state index is 12.0. The second-order valence-electron chi connectivity index (χ2n) is 13.2. The number of piperazine rings is 1. The van der Waals surface area contributed by atoms with Gasteiger partial charge in [-0.1, -0.05) is 13.0 Å². The van der Waals surface area contributed by atoms with Crippen molar-refractivity contribution in [3.8, 4) is 5.75 Å². The number of aromatic nitrogens is 4. The number of benzene rings is 2. The van der Waals surface area contributed by atoms with E-state index in [1.165, 1.54) is 16.8 Å². The van der Waals surface area contributed by atoms with Gasteiger partial charge >= 0.3 is 0 Å². The summed E-state index contributed by atoms with van der Waals surface area (Å²) < 4.78 is 29.4. The minimum absolute atomic E-state index is 0.103. The molecule has 5 N–H and O–H groups in total. The zero-order valence-corrected chi connectivity index (χ0v) is 30.0. The SMILES string of the molecule is CCS(=O)(=O)Cc1ccc2[nH]cc(CCCN3CCN(c4ncncc4OC)CC3)c2c1.CN[C@@H]1CCc2[nH]c3ccc(C(N)=O)cc3c2C1. The van der Waals surface area contributed by atoms with E-state index in [0.29, 0.717) is 17.4 Å². The van der Waals surface area contributed by atoms with Crippen molar-refractivity contribution in [1.29, 1.82) is 0 Å². The standard InChI is InChI=1S/C23H31N5O3S.C14H17N3O/c1-3-32(29,30)16-18-6-7-21-20(13-18)19(14-25-21)5-4-8-27-9-11-28(12-10-27)23-22(31-2)15-24-17-26-23;1-16-9-3-5-13-11(7-9)10-6-8(14(15)18)2-4-12(10)17-13/h6-7,13-15,17,25H,3-5,8-12,16H2,1-2H3;2,4,6,9,16-17H,3,5,7H2,1H3,(H2,15,18)/t;9-/m.1/s1. The first-order valence-corrected chi connectivity index (χ1v) is 19.2. The van der Waals surface area contributed by atoms with Crippen molar-refractivity contribution < 1.29 is 17.9 Å². The summed E-state index contributed by atoms with van der Waals surface area (Å²) in [6.45, 7) is 6.52. The number of primary amides is 1. The summed E-state index contributed by atoms with van der Waals surface area (Å²) in [5.41, 5.74) is 12.8. The molecule has 1 saturated heterocycles. The van der Waals surface area contributed by atoms with E-state index in [-0.39, 0.29) is 17.4 Å². The van der Waals surface area contributed by atoms with E-state index in [0.717, 1.165) is 98.0 Å².